The van der Waals surface area contributed by atoms with E-state index in [4.69, 9.17) is 16.4 Å². The molecule has 24 heavy (non-hydrogen) atoms. The Kier molecular flexibility index (Phi) is 3.21. The van der Waals surface area contributed by atoms with Gasteiger partial charge in [0.1, 0.15) is 11.6 Å². The molecule has 1 aromatic heterocycles. The van der Waals surface area contributed by atoms with Gasteiger partial charge in [0, 0.05) is 23.3 Å². The minimum atomic E-state index is -0.928. The van der Waals surface area contributed by atoms with Crippen molar-refractivity contribution >= 4 is 34.8 Å². The molecule has 0 bridgehead atoms. The van der Waals surface area contributed by atoms with E-state index in [1.165, 1.54) is 0 Å². The first-order valence-corrected chi connectivity index (χ1v) is 7.73. The highest BCUT2D eigenvalue weighted by molar-refractivity contribution is 6.33. The highest BCUT2D eigenvalue weighted by Gasteiger charge is 2.56. The van der Waals surface area contributed by atoms with E-state index < -0.39 is 17.9 Å². The van der Waals surface area contributed by atoms with Gasteiger partial charge in [-0.2, -0.15) is 5.10 Å². The van der Waals surface area contributed by atoms with Crippen molar-refractivity contribution in [3.63, 3.8) is 0 Å². The maximum absolute atomic E-state index is 12.9. The fourth-order valence-electron chi connectivity index (χ4n) is 3.00. The summed E-state index contributed by atoms with van der Waals surface area (Å²) < 4.78 is 1.68. The van der Waals surface area contributed by atoms with Crippen molar-refractivity contribution in [2.45, 2.75) is 13.0 Å². The van der Waals surface area contributed by atoms with Crippen LogP contribution in [-0.4, -0.2) is 33.4 Å². The smallest absolute Gasteiger partial charge is 0.278 e. The third-order valence-corrected chi connectivity index (χ3v) is 4.66. The molecule has 0 spiro atoms. The summed E-state index contributed by atoms with van der Waals surface area (Å²) in [6, 6.07) is 6.52. The van der Waals surface area contributed by atoms with Crippen LogP contribution in [0.15, 0.2) is 35.6 Å². The number of hydrogen-bond acceptors (Lipinski definition) is 5. The normalized spacial score (nSPS) is 22.6. The molecule has 2 amide bonds. The number of oxime groups is 1. The maximum atomic E-state index is 12.9. The molecule has 1 aromatic carbocycles. The molecule has 0 unspecified atom stereocenters. The molecule has 0 aliphatic carbocycles. The number of amides is 2. The summed E-state index contributed by atoms with van der Waals surface area (Å²) >= 11 is 5.87. The zero-order chi connectivity index (χ0) is 17.0. The molecule has 8 heteroatoms. The molecule has 7 nitrogen and oxygen atoms in total. The van der Waals surface area contributed by atoms with Crippen molar-refractivity contribution in [1.29, 1.82) is 0 Å². The van der Waals surface area contributed by atoms with Gasteiger partial charge >= 0.3 is 0 Å². The Morgan fingerprint density at radius 1 is 1.17 bits per heavy atom. The first kappa shape index (κ1) is 14.9. The molecule has 0 N–H and O–H groups in total. The van der Waals surface area contributed by atoms with Gasteiger partial charge in [0.15, 0.2) is 0 Å². The van der Waals surface area contributed by atoms with Crippen molar-refractivity contribution in [3.8, 4) is 0 Å². The number of halogens is 1. The summed E-state index contributed by atoms with van der Waals surface area (Å²) in [6.45, 7) is 1.87. The standard InChI is InChI=1S/C16H13ClN4O3/c1-8-11(7-18-20(8)2)13-12-14(24-19-13)16(23)21(15(12)22)10-5-3-9(17)4-6-10/h3-7,12,14H,1-2H3/t12-,14-/m0/s1. The quantitative estimate of drug-likeness (QED) is 0.777. The minimum Gasteiger partial charge on any atom is -0.381 e. The van der Waals surface area contributed by atoms with Crippen LogP contribution in [0.1, 0.15) is 11.3 Å². The maximum Gasteiger partial charge on any atom is 0.278 e. The lowest BCUT2D eigenvalue weighted by atomic mass is 9.94. The highest BCUT2D eigenvalue weighted by atomic mass is 35.5. The van der Waals surface area contributed by atoms with Gasteiger partial charge in [0.05, 0.1) is 11.9 Å². The van der Waals surface area contributed by atoms with Crippen molar-refractivity contribution in [2.24, 2.45) is 18.1 Å². The van der Waals surface area contributed by atoms with Crippen LogP contribution in [0.5, 0.6) is 0 Å². The molecule has 2 aromatic rings. The van der Waals surface area contributed by atoms with Crippen LogP contribution < -0.4 is 4.90 Å². The Morgan fingerprint density at radius 3 is 2.50 bits per heavy atom. The zero-order valence-corrected chi connectivity index (χ0v) is 13.7. The van der Waals surface area contributed by atoms with Gasteiger partial charge in [0.25, 0.3) is 5.91 Å². The van der Waals surface area contributed by atoms with E-state index >= 15 is 0 Å². The number of carbonyl (C=O) groups is 2. The van der Waals surface area contributed by atoms with E-state index in [1.54, 1.807) is 42.2 Å². The molecule has 4 rings (SSSR count). The molecule has 3 heterocycles. The second-order valence-electron chi connectivity index (χ2n) is 5.74. The second-order valence-corrected chi connectivity index (χ2v) is 6.17. The Hall–Kier alpha value is -2.67. The summed E-state index contributed by atoms with van der Waals surface area (Å²) in [5, 5.41) is 8.67. The Bertz CT molecular complexity index is 887. The van der Waals surface area contributed by atoms with Gasteiger partial charge < -0.3 is 4.84 Å². The van der Waals surface area contributed by atoms with Crippen LogP contribution >= 0.6 is 11.6 Å². The van der Waals surface area contributed by atoms with E-state index in [0.717, 1.165) is 10.6 Å². The predicted molar refractivity (Wildman–Crippen MR) is 86.8 cm³/mol. The van der Waals surface area contributed by atoms with Crippen LogP contribution in [0.4, 0.5) is 5.69 Å². The summed E-state index contributed by atoms with van der Waals surface area (Å²) in [6.07, 6.45) is 0.700. The number of rotatable bonds is 2. The lowest BCUT2D eigenvalue weighted by Crippen LogP contribution is -2.33. The molecule has 2 atom stereocenters. The Morgan fingerprint density at radius 2 is 1.88 bits per heavy atom. The van der Waals surface area contributed by atoms with Gasteiger partial charge in [-0.15, -0.1) is 0 Å². The molecule has 0 radical (unpaired) electrons. The molecular weight excluding hydrogens is 332 g/mol. The zero-order valence-electron chi connectivity index (χ0n) is 12.9. The summed E-state index contributed by atoms with van der Waals surface area (Å²) in [4.78, 5) is 31.9. The molecular formula is C16H13ClN4O3. The number of aryl methyl sites for hydroxylation is 1. The predicted octanol–water partition coefficient (Wildman–Crippen LogP) is 1.67. The average molecular weight is 345 g/mol. The van der Waals surface area contributed by atoms with Crippen LogP contribution in [0.2, 0.25) is 5.02 Å². The summed E-state index contributed by atoms with van der Waals surface area (Å²) in [5.74, 6) is -1.53. The topological polar surface area (TPSA) is 76.8 Å². The van der Waals surface area contributed by atoms with E-state index in [9.17, 15) is 9.59 Å². The highest BCUT2D eigenvalue weighted by Crippen LogP contribution is 2.35. The number of carbonyl (C=O) groups excluding carboxylic acids is 2. The number of nitrogens with zero attached hydrogens (tertiary/aromatic N) is 4. The molecule has 2 aliphatic rings. The number of benzene rings is 1. The first-order chi connectivity index (χ1) is 11.5. The van der Waals surface area contributed by atoms with Crippen LogP contribution in [0.25, 0.3) is 0 Å². The molecule has 1 saturated heterocycles. The van der Waals surface area contributed by atoms with E-state index in [0.29, 0.717) is 22.0 Å². The number of aromatic nitrogens is 2. The molecule has 2 aliphatic heterocycles. The molecule has 0 saturated carbocycles. The van der Waals surface area contributed by atoms with Gasteiger partial charge in [-0.05, 0) is 31.2 Å². The van der Waals surface area contributed by atoms with E-state index in [-0.39, 0.29) is 5.91 Å². The third kappa shape index (κ3) is 1.98. The number of imide groups is 1. The van der Waals surface area contributed by atoms with E-state index in [2.05, 4.69) is 10.3 Å². The van der Waals surface area contributed by atoms with Crippen molar-refractivity contribution in [2.75, 3.05) is 4.90 Å². The second kappa shape index (κ2) is 5.17. The average Bonchev–Trinajstić information content (AvgIpc) is 3.20. The van der Waals surface area contributed by atoms with E-state index in [1.807, 2.05) is 6.92 Å². The van der Waals surface area contributed by atoms with Gasteiger partial charge in [-0.25, -0.2) is 4.90 Å². The SMILES string of the molecule is Cc1c(C2=NO[C@@H]3C(=O)N(c4ccc(Cl)cc4)C(=O)[C@@H]23)cnn1C. The third-order valence-electron chi connectivity index (χ3n) is 4.41. The fraction of sp³-hybridized carbons (Fsp3) is 0.250. The number of hydrogen-bond donors (Lipinski definition) is 0. The molecule has 122 valence electrons. The monoisotopic (exact) mass is 344 g/mol. The lowest BCUT2D eigenvalue weighted by Gasteiger charge is -2.15. The Balaban J connectivity index is 1.72. The van der Waals surface area contributed by atoms with Crippen molar-refractivity contribution in [1.82, 2.24) is 9.78 Å². The van der Waals surface area contributed by atoms with Crippen molar-refractivity contribution in [3.05, 3.63) is 46.7 Å². The summed E-state index contributed by atoms with van der Waals surface area (Å²) in [7, 11) is 1.80. The lowest BCUT2D eigenvalue weighted by molar-refractivity contribution is -0.126. The van der Waals surface area contributed by atoms with Crippen LogP contribution in [0, 0.1) is 12.8 Å². The van der Waals surface area contributed by atoms with Crippen molar-refractivity contribution < 1.29 is 14.4 Å². The minimum absolute atomic E-state index is 0.355. The summed E-state index contributed by atoms with van der Waals surface area (Å²) in [5.41, 5.74) is 2.47. The van der Waals surface area contributed by atoms with Crippen LogP contribution in [-0.2, 0) is 21.5 Å². The van der Waals surface area contributed by atoms with Gasteiger partial charge in [0.2, 0.25) is 12.0 Å². The first-order valence-electron chi connectivity index (χ1n) is 7.35. The van der Waals surface area contributed by atoms with Crippen LogP contribution in [0.3, 0.4) is 0 Å². The number of fused-ring (bicyclic) bond motifs is 1. The largest absolute Gasteiger partial charge is 0.381 e. The fourth-order valence-corrected chi connectivity index (χ4v) is 3.12. The Labute approximate surface area is 142 Å². The molecule has 1 fully saturated rings. The number of anilines is 1. The van der Waals surface area contributed by atoms with Gasteiger partial charge in [-0.3, -0.25) is 14.3 Å². The van der Waals surface area contributed by atoms with Gasteiger partial charge in [-0.1, -0.05) is 16.8 Å².